The highest BCUT2D eigenvalue weighted by Crippen LogP contribution is 2.23. The minimum absolute atomic E-state index is 0.0815. The van der Waals surface area contributed by atoms with Crippen LogP contribution in [0.25, 0.3) is 0 Å². The van der Waals surface area contributed by atoms with Gasteiger partial charge in [0.05, 0.1) is 23.0 Å². The van der Waals surface area contributed by atoms with Gasteiger partial charge >= 0.3 is 5.97 Å². The van der Waals surface area contributed by atoms with Crippen molar-refractivity contribution in [1.82, 2.24) is 4.98 Å². The van der Waals surface area contributed by atoms with Crippen LogP contribution in [0.15, 0.2) is 36.5 Å². The van der Waals surface area contributed by atoms with Crippen molar-refractivity contribution in [2.75, 3.05) is 5.32 Å². The molecule has 1 atom stereocenters. The number of carboxylic acids is 1. The number of rotatable bonds is 4. The van der Waals surface area contributed by atoms with E-state index in [9.17, 15) is 13.6 Å². The first kappa shape index (κ1) is 13.9. The minimum Gasteiger partial charge on any atom is -0.478 e. The lowest BCUT2D eigenvalue weighted by atomic mass is 10.1. The highest BCUT2D eigenvalue weighted by atomic mass is 19.1. The highest BCUT2D eigenvalue weighted by Gasteiger charge is 2.17. The average Bonchev–Trinajstić information content (AvgIpc) is 2.42. The Balaban J connectivity index is 2.29. The Bertz CT molecular complexity index is 633. The van der Waals surface area contributed by atoms with Crippen molar-refractivity contribution >= 4 is 11.7 Å². The monoisotopic (exact) mass is 278 g/mol. The van der Waals surface area contributed by atoms with E-state index < -0.39 is 23.2 Å². The molecule has 4 nitrogen and oxygen atoms in total. The summed E-state index contributed by atoms with van der Waals surface area (Å²) in [7, 11) is 0. The van der Waals surface area contributed by atoms with Crippen LogP contribution in [0.5, 0.6) is 0 Å². The lowest BCUT2D eigenvalue weighted by Gasteiger charge is -2.16. The first-order chi connectivity index (χ1) is 9.49. The second-order valence-electron chi connectivity index (χ2n) is 4.24. The molecule has 0 bridgehead atoms. The van der Waals surface area contributed by atoms with Crippen molar-refractivity contribution in [1.29, 1.82) is 0 Å². The van der Waals surface area contributed by atoms with Gasteiger partial charge in [-0.3, -0.25) is 4.98 Å². The first-order valence-electron chi connectivity index (χ1n) is 5.89. The van der Waals surface area contributed by atoms with Crippen molar-refractivity contribution in [3.63, 3.8) is 0 Å². The molecule has 1 aromatic heterocycles. The van der Waals surface area contributed by atoms with E-state index in [1.807, 2.05) is 0 Å². The smallest absolute Gasteiger partial charge is 0.338 e. The molecular formula is C14H12F2N2O2. The molecule has 20 heavy (non-hydrogen) atoms. The van der Waals surface area contributed by atoms with E-state index in [-0.39, 0.29) is 11.7 Å². The summed E-state index contributed by atoms with van der Waals surface area (Å²) >= 11 is 0. The van der Waals surface area contributed by atoms with E-state index >= 15 is 0 Å². The quantitative estimate of drug-likeness (QED) is 0.901. The molecule has 0 fully saturated rings. The number of hydrogen-bond acceptors (Lipinski definition) is 3. The van der Waals surface area contributed by atoms with Crippen molar-refractivity contribution in [2.24, 2.45) is 0 Å². The number of hydrogen-bond donors (Lipinski definition) is 2. The van der Waals surface area contributed by atoms with Gasteiger partial charge in [0.1, 0.15) is 11.6 Å². The SMILES string of the molecule is CC(Nc1cc(C(=O)O)c(F)cc1F)c1ccccn1. The molecule has 0 radical (unpaired) electrons. The number of halogens is 2. The van der Waals surface area contributed by atoms with Crippen LogP contribution in [-0.4, -0.2) is 16.1 Å². The van der Waals surface area contributed by atoms with E-state index in [1.54, 1.807) is 31.3 Å². The van der Waals surface area contributed by atoms with Crippen molar-refractivity contribution in [3.8, 4) is 0 Å². The number of nitrogens with zero attached hydrogens (tertiary/aromatic N) is 1. The topological polar surface area (TPSA) is 62.2 Å². The lowest BCUT2D eigenvalue weighted by molar-refractivity contribution is 0.0692. The van der Waals surface area contributed by atoms with Crippen LogP contribution in [0, 0.1) is 11.6 Å². The number of benzene rings is 1. The number of pyridine rings is 1. The number of aromatic carboxylic acids is 1. The summed E-state index contributed by atoms with van der Waals surface area (Å²) in [5.74, 6) is -3.41. The van der Waals surface area contributed by atoms with Crippen LogP contribution >= 0.6 is 0 Å². The van der Waals surface area contributed by atoms with Gasteiger partial charge in [0, 0.05) is 12.3 Å². The largest absolute Gasteiger partial charge is 0.478 e. The third kappa shape index (κ3) is 2.90. The molecule has 0 aliphatic heterocycles. The van der Waals surface area contributed by atoms with Gasteiger partial charge in [-0.15, -0.1) is 0 Å². The molecule has 0 saturated heterocycles. The molecule has 0 aliphatic carbocycles. The van der Waals surface area contributed by atoms with Gasteiger partial charge in [-0.25, -0.2) is 13.6 Å². The van der Waals surface area contributed by atoms with Crippen LogP contribution < -0.4 is 5.32 Å². The van der Waals surface area contributed by atoms with Crippen molar-refractivity contribution < 1.29 is 18.7 Å². The van der Waals surface area contributed by atoms with Gasteiger partial charge in [-0.1, -0.05) is 6.07 Å². The summed E-state index contributed by atoms with van der Waals surface area (Å²) in [5, 5.41) is 11.6. The molecule has 104 valence electrons. The zero-order chi connectivity index (χ0) is 14.7. The van der Waals surface area contributed by atoms with Gasteiger partial charge in [0.2, 0.25) is 0 Å². The molecule has 0 saturated carbocycles. The summed E-state index contributed by atoms with van der Waals surface area (Å²) in [6, 6.07) is 6.42. The molecule has 1 unspecified atom stereocenters. The predicted octanol–water partition coefficient (Wildman–Crippen LogP) is 3.23. The molecule has 2 aromatic rings. The Labute approximate surface area is 114 Å². The summed E-state index contributed by atoms with van der Waals surface area (Å²) in [5.41, 5.74) is -0.00262. The summed E-state index contributed by atoms with van der Waals surface area (Å²) in [6.07, 6.45) is 1.59. The minimum atomic E-state index is -1.45. The third-order valence-corrected chi connectivity index (χ3v) is 2.79. The standard InChI is InChI=1S/C14H12F2N2O2/c1-8(12-4-2-3-5-17-12)18-13-6-9(14(19)20)10(15)7-11(13)16/h2-8,18H,1H3,(H,19,20). The predicted molar refractivity (Wildman–Crippen MR) is 69.6 cm³/mol. The van der Waals surface area contributed by atoms with E-state index in [0.29, 0.717) is 11.8 Å². The number of anilines is 1. The number of aromatic nitrogens is 1. The van der Waals surface area contributed by atoms with Crippen LogP contribution in [0.3, 0.4) is 0 Å². The van der Waals surface area contributed by atoms with Gasteiger partial charge in [0.15, 0.2) is 0 Å². The Morgan fingerprint density at radius 2 is 2.05 bits per heavy atom. The van der Waals surface area contributed by atoms with Crippen LogP contribution in [-0.2, 0) is 0 Å². The molecule has 6 heteroatoms. The molecule has 1 heterocycles. The van der Waals surface area contributed by atoms with Gasteiger partial charge in [-0.2, -0.15) is 0 Å². The van der Waals surface area contributed by atoms with Crippen LogP contribution in [0.2, 0.25) is 0 Å². The summed E-state index contributed by atoms with van der Waals surface area (Å²) in [4.78, 5) is 14.9. The zero-order valence-corrected chi connectivity index (χ0v) is 10.6. The fourth-order valence-corrected chi connectivity index (χ4v) is 1.76. The molecule has 0 amide bonds. The molecule has 0 aliphatic rings. The molecule has 2 N–H and O–H groups in total. The van der Waals surface area contributed by atoms with Gasteiger partial charge in [0.25, 0.3) is 0 Å². The Morgan fingerprint density at radius 1 is 1.30 bits per heavy atom. The number of carboxylic acid groups (broad SMARTS) is 1. The molecule has 0 spiro atoms. The van der Waals surface area contributed by atoms with E-state index in [0.717, 1.165) is 6.07 Å². The number of carbonyl (C=O) groups is 1. The Kier molecular flexibility index (Phi) is 3.93. The van der Waals surface area contributed by atoms with E-state index in [1.165, 1.54) is 0 Å². The maximum atomic E-state index is 13.7. The van der Waals surface area contributed by atoms with Crippen molar-refractivity contribution in [2.45, 2.75) is 13.0 Å². The number of nitrogens with one attached hydrogen (secondary N) is 1. The van der Waals surface area contributed by atoms with Crippen LogP contribution in [0.1, 0.15) is 29.0 Å². The maximum absolute atomic E-state index is 13.7. The second-order valence-corrected chi connectivity index (χ2v) is 4.24. The summed E-state index contributed by atoms with van der Waals surface area (Å²) < 4.78 is 26.9. The fraction of sp³-hybridized carbons (Fsp3) is 0.143. The normalized spacial score (nSPS) is 11.9. The molecular weight excluding hydrogens is 266 g/mol. The fourth-order valence-electron chi connectivity index (χ4n) is 1.76. The lowest BCUT2D eigenvalue weighted by Crippen LogP contribution is -2.11. The zero-order valence-electron chi connectivity index (χ0n) is 10.6. The Morgan fingerprint density at radius 3 is 2.65 bits per heavy atom. The highest BCUT2D eigenvalue weighted by molar-refractivity contribution is 5.89. The van der Waals surface area contributed by atoms with Crippen LogP contribution in [0.4, 0.5) is 14.5 Å². The maximum Gasteiger partial charge on any atom is 0.338 e. The summed E-state index contributed by atoms with van der Waals surface area (Å²) in [6.45, 7) is 1.74. The van der Waals surface area contributed by atoms with Gasteiger partial charge in [-0.05, 0) is 25.1 Å². The third-order valence-electron chi connectivity index (χ3n) is 2.79. The average molecular weight is 278 g/mol. The van der Waals surface area contributed by atoms with Gasteiger partial charge < -0.3 is 10.4 Å². The first-order valence-corrected chi connectivity index (χ1v) is 5.89. The molecule has 2 rings (SSSR count). The van der Waals surface area contributed by atoms with E-state index in [4.69, 9.17) is 5.11 Å². The second kappa shape index (κ2) is 5.64. The van der Waals surface area contributed by atoms with E-state index in [2.05, 4.69) is 10.3 Å². The Hall–Kier alpha value is -2.50. The van der Waals surface area contributed by atoms with Crippen molar-refractivity contribution in [3.05, 3.63) is 59.4 Å². The molecule has 1 aromatic carbocycles.